The highest BCUT2D eigenvalue weighted by Crippen LogP contribution is 2.27. The quantitative estimate of drug-likeness (QED) is 0.231. The van der Waals surface area contributed by atoms with Gasteiger partial charge in [-0.25, -0.2) is 4.68 Å². The molecule has 2 aromatic carbocycles. The van der Waals surface area contributed by atoms with Crippen molar-refractivity contribution in [1.82, 2.24) is 20.0 Å². The van der Waals surface area contributed by atoms with Crippen molar-refractivity contribution < 1.29 is 14.5 Å². The number of aromatic nitrogens is 2. The Kier molecular flexibility index (Phi) is 7.62. The van der Waals surface area contributed by atoms with Gasteiger partial charge in [-0.05, 0) is 30.3 Å². The van der Waals surface area contributed by atoms with E-state index in [1.54, 1.807) is 23.0 Å². The number of nitro groups is 1. The fraction of sp³-hybridized carbons (Fsp3) is 0.240. The minimum absolute atomic E-state index is 0.0364. The van der Waals surface area contributed by atoms with E-state index in [1.807, 2.05) is 36.4 Å². The summed E-state index contributed by atoms with van der Waals surface area (Å²) >= 11 is 0. The third kappa shape index (κ3) is 5.97. The molecular weight excluding hydrogens is 448 g/mol. The van der Waals surface area contributed by atoms with Crippen molar-refractivity contribution in [2.24, 2.45) is 0 Å². The zero-order chi connectivity index (χ0) is 24.6. The Morgan fingerprint density at radius 1 is 1.17 bits per heavy atom. The molecule has 10 heteroatoms. The zero-order valence-corrected chi connectivity index (χ0v) is 19.0. The van der Waals surface area contributed by atoms with Crippen LogP contribution in [0.4, 0.5) is 5.69 Å². The summed E-state index contributed by atoms with van der Waals surface area (Å²) < 4.78 is 6.97. The van der Waals surface area contributed by atoms with Gasteiger partial charge in [0, 0.05) is 55.6 Å². The Morgan fingerprint density at radius 3 is 2.54 bits per heavy atom. The number of morpholine rings is 1. The molecule has 4 rings (SSSR count). The number of carbonyl (C=O) groups excluding carboxylic acids is 1. The summed E-state index contributed by atoms with van der Waals surface area (Å²) in [7, 11) is 0. The lowest BCUT2D eigenvalue weighted by Crippen LogP contribution is -2.41. The molecule has 2 heterocycles. The maximum atomic E-state index is 12.7. The normalized spacial score (nSPS) is 14.3. The Hall–Kier alpha value is -4.33. The van der Waals surface area contributed by atoms with Gasteiger partial charge in [-0.3, -0.25) is 19.8 Å². The predicted molar refractivity (Wildman–Crippen MR) is 130 cm³/mol. The Balaban J connectivity index is 1.60. The van der Waals surface area contributed by atoms with E-state index in [4.69, 9.17) is 4.74 Å². The zero-order valence-electron chi connectivity index (χ0n) is 19.0. The van der Waals surface area contributed by atoms with Gasteiger partial charge in [-0.2, -0.15) is 10.4 Å². The number of para-hydroxylation sites is 1. The number of amides is 1. The standard InChI is InChI=1S/C25H24N6O4/c26-17-20(25(32)27-10-11-29-12-14-35-15-13-29)16-21-18-30(22-4-2-1-3-5-22)28-24(21)19-6-8-23(9-7-19)31(33)34/h1-9,16,18H,10-15H2,(H,27,32)/b20-16+. The molecule has 1 fully saturated rings. The van der Waals surface area contributed by atoms with Gasteiger partial charge in [0.2, 0.25) is 0 Å². The first kappa shape index (κ1) is 23.8. The van der Waals surface area contributed by atoms with Gasteiger partial charge in [0.15, 0.2) is 0 Å². The summed E-state index contributed by atoms with van der Waals surface area (Å²) in [6.45, 7) is 4.06. The lowest BCUT2D eigenvalue weighted by atomic mass is 10.1. The molecule has 0 spiro atoms. The van der Waals surface area contributed by atoms with Crippen molar-refractivity contribution in [2.75, 3.05) is 39.4 Å². The number of hydrogen-bond acceptors (Lipinski definition) is 7. The minimum Gasteiger partial charge on any atom is -0.379 e. The van der Waals surface area contributed by atoms with Gasteiger partial charge < -0.3 is 10.1 Å². The number of nitrogens with zero attached hydrogens (tertiary/aromatic N) is 5. The fourth-order valence-electron chi connectivity index (χ4n) is 3.72. The van der Waals surface area contributed by atoms with E-state index in [0.29, 0.717) is 43.1 Å². The van der Waals surface area contributed by atoms with Crippen molar-refractivity contribution in [1.29, 1.82) is 5.26 Å². The van der Waals surface area contributed by atoms with Crippen LogP contribution in [0, 0.1) is 21.4 Å². The number of nitro benzene ring substituents is 1. The molecule has 0 aliphatic carbocycles. The number of hydrogen-bond donors (Lipinski definition) is 1. The molecule has 1 saturated heterocycles. The molecular formula is C25H24N6O4. The van der Waals surface area contributed by atoms with Crippen molar-refractivity contribution in [2.45, 2.75) is 0 Å². The molecule has 3 aromatic rings. The number of nitriles is 1. The molecule has 0 bridgehead atoms. The van der Waals surface area contributed by atoms with E-state index in [1.165, 1.54) is 18.2 Å². The molecule has 1 aliphatic rings. The van der Waals surface area contributed by atoms with Crippen molar-refractivity contribution in [3.63, 3.8) is 0 Å². The highest BCUT2D eigenvalue weighted by molar-refractivity contribution is 6.02. The molecule has 1 aromatic heterocycles. The maximum Gasteiger partial charge on any atom is 0.269 e. The van der Waals surface area contributed by atoms with E-state index >= 15 is 0 Å². The molecule has 10 nitrogen and oxygen atoms in total. The average Bonchev–Trinajstić information content (AvgIpc) is 3.32. The summed E-state index contributed by atoms with van der Waals surface area (Å²) in [6, 6.07) is 17.4. The predicted octanol–water partition coefficient (Wildman–Crippen LogP) is 2.80. The number of rotatable bonds is 8. The van der Waals surface area contributed by atoms with Crippen LogP contribution in [0.3, 0.4) is 0 Å². The van der Waals surface area contributed by atoms with Crippen molar-refractivity contribution in [3.8, 4) is 23.0 Å². The molecule has 1 aliphatic heterocycles. The molecule has 0 radical (unpaired) electrons. The first-order valence-electron chi connectivity index (χ1n) is 11.1. The summed E-state index contributed by atoms with van der Waals surface area (Å²) in [6.07, 6.45) is 3.22. The highest BCUT2D eigenvalue weighted by Gasteiger charge is 2.17. The lowest BCUT2D eigenvalue weighted by Gasteiger charge is -2.26. The van der Waals surface area contributed by atoms with Crippen LogP contribution >= 0.6 is 0 Å². The van der Waals surface area contributed by atoms with Gasteiger partial charge in [0.05, 0.1) is 23.8 Å². The van der Waals surface area contributed by atoms with E-state index in [2.05, 4.69) is 15.3 Å². The highest BCUT2D eigenvalue weighted by atomic mass is 16.6. The molecule has 1 amide bonds. The third-order valence-electron chi connectivity index (χ3n) is 5.60. The second-order valence-corrected chi connectivity index (χ2v) is 7.90. The van der Waals surface area contributed by atoms with E-state index in [9.17, 15) is 20.2 Å². The SMILES string of the molecule is N#C/C(=C\c1cn(-c2ccccc2)nc1-c1ccc([N+](=O)[O-])cc1)C(=O)NCCN1CCOCC1. The number of non-ortho nitro benzene ring substituents is 1. The molecule has 1 N–H and O–H groups in total. The molecule has 0 unspecified atom stereocenters. The molecule has 0 saturated carbocycles. The summed E-state index contributed by atoms with van der Waals surface area (Å²) in [5.41, 5.74) is 2.37. The first-order valence-corrected chi connectivity index (χ1v) is 11.1. The summed E-state index contributed by atoms with van der Waals surface area (Å²) in [5, 5.41) is 28.2. The van der Waals surface area contributed by atoms with Crippen LogP contribution < -0.4 is 5.32 Å². The van der Waals surface area contributed by atoms with E-state index < -0.39 is 10.8 Å². The summed E-state index contributed by atoms with van der Waals surface area (Å²) in [5.74, 6) is -0.470. The van der Waals surface area contributed by atoms with Crippen LogP contribution in [0.2, 0.25) is 0 Å². The second kappa shape index (κ2) is 11.2. The Labute approximate surface area is 202 Å². The Bertz CT molecular complexity index is 1260. The summed E-state index contributed by atoms with van der Waals surface area (Å²) in [4.78, 5) is 25.5. The van der Waals surface area contributed by atoms with Crippen LogP contribution in [0.25, 0.3) is 23.0 Å². The third-order valence-corrected chi connectivity index (χ3v) is 5.60. The molecule has 178 valence electrons. The van der Waals surface area contributed by atoms with Gasteiger partial charge in [-0.15, -0.1) is 0 Å². The monoisotopic (exact) mass is 472 g/mol. The minimum atomic E-state index is -0.470. The smallest absolute Gasteiger partial charge is 0.269 e. The second-order valence-electron chi connectivity index (χ2n) is 7.90. The van der Waals surface area contributed by atoms with Crippen LogP contribution in [-0.4, -0.2) is 64.9 Å². The van der Waals surface area contributed by atoms with Crippen LogP contribution in [0.15, 0.2) is 66.4 Å². The van der Waals surface area contributed by atoms with E-state index in [-0.39, 0.29) is 11.3 Å². The molecule has 35 heavy (non-hydrogen) atoms. The van der Waals surface area contributed by atoms with Crippen molar-refractivity contribution >= 4 is 17.7 Å². The maximum absolute atomic E-state index is 12.7. The first-order chi connectivity index (χ1) is 17.0. The topological polar surface area (TPSA) is 126 Å². The number of carbonyl (C=O) groups is 1. The van der Waals surface area contributed by atoms with Gasteiger partial charge in [0.25, 0.3) is 11.6 Å². The van der Waals surface area contributed by atoms with Gasteiger partial charge >= 0.3 is 0 Å². The molecule has 0 atom stereocenters. The van der Waals surface area contributed by atoms with Gasteiger partial charge in [-0.1, -0.05) is 18.2 Å². The van der Waals surface area contributed by atoms with Crippen LogP contribution in [-0.2, 0) is 9.53 Å². The van der Waals surface area contributed by atoms with Gasteiger partial charge in [0.1, 0.15) is 17.3 Å². The Morgan fingerprint density at radius 2 is 1.89 bits per heavy atom. The van der Waals surface area contributed by atoms with Crippen LogP contribution in [0.5, 0.6) is 0 Å². The lowest BCUT2D eigenvalue weighted by molar-refractivity contribution is -0.384. The number of ether oxygens (including phenoxy) is 1. The number of benzene rings is 2. The average molecular weight is 473 g/mol. The van der Waals surface area contributed by atoms with E-state index in [0.717, 1.165) is 18.8 Å². The largest absolute Gasteiger partial charge is 0.379 e. The fourth-order valence-corrected chi connectivity index (χ4v) is 3.72. The van der Waals surface area contributed by atoms with Crippen LogP contribution in [0.1, 0.15) is 5.56 Å². The van der Waals surface area contributed by atoms with Crippen molar-refractivity contribution in [3.05, 3.63) is 82.0 Å². The number of nitrogens with one attached hydrogen (secondary N) is 1.